The molecule has 1 amide bonds. The van der Waals surface area contributed by atoms with Crippen molar-refractivity contribution in [1.82, 2.24) is 4.72 Å². The van der Waals surface area contributed by atoms with E-state index in [2.05, 4.69) is 10.0 Å². The van der Waals surface area contributed by atoms with Crippen molar-refractivity contribution in [3.63, 3.8) is 0 Å². The normalized spacial score (nSPS) is 11.3. The highest BCUT2D eigenvalue weighted by atomic mass is 32.2. The number of amides is 1. The molecule has 23 heavy (non-hydrogen) atoms. The fraction of sp³-hybridized carbons (Fsp3) is 0.235. The first kappa shape index (κ1) is 17.2. The Morgan fingerprint density at radius 2 is 1.61 bits per heavy atom. The maximum atomic E-state index is 12.2. The lowest BCUT2D eigenvalue weighted by Crippen LogP contribution is -2.33. The second kappa shape index (κ2) is 6.93. The molecule has 0 radical (unpaired) electrons. The van der Waals surface area contributed by atoms with Gasteiger partial charge in [-0.05, 0) is 55.7 Å². The van der Waals surface area contributed by atoms with Gasteiger partial charge in [0.1, 0.15) is 0 Å². The summed E-state index contributed by atoms with van der Waals surface area (Å²) in [5.74, 6) is -0.410. The number of aryl methyl sites for hydroxylation is 3. The lowest BCUT2D eigenvalue weighted by Gasteiger charge is -2.10. The minimum Gasteiger partial charge on any atom is -0.325 e. The largest absolute Gasteiger partial charge is 0.325 e. The summed E-state index contributed by atoms with van der Waals surface area (Å²) in [6.07, 6.45) is 0. The van der Waals surface area contributed by atoms with Crippen molar-refractivity contribution < 1.29 is 13.2 Å². The molecule has 2 rings (SSSR count). The molecular formula is C17H20N2O3S. The number of hydrogen-bond acceptors (Lipinski definition) is 3. The molecule has 0 saturated carbocycles. The van der Waals surface area contributed by atoms with E-state index >= 15 is 0 Å². The molecule has 0 aliphatic heterocycles. The van der Waals surface area contributed by atoms with Crippen LogP contribution in [0.3, 0.4) is 0 Å². The highest BCUT2D eigenvalue weighted by molar-refractivity contribution is 7.89. The SMILES string of the molecule is Cc1cc(C)cc(NC(=O)CNS(=O)(=O)c2ccccc2C)c1. The number of nitrogens with one attached hydrogen (secondary N) is 2. The molecule has 0 bridgehead atoms. The fourth-order valence-corrected chi connectivity index (χ4v) is 3.57. The predicted octanol–water partition coefficient (Wildman–Crippen LogP) is 2.53. The second-order valence-electron chi connectivity index (χ2n) is 5.51. The molecule has 0 fully saturated rings. The van der Waals surface area contributed by atoms with Gasteiger partial charge in [0.2, 0.25) is 15.9 Å². The highest BCUT2D eigenvalue weighted by Gasteiger charge is 2.17. The van der Waals surface area contributed by atoms with Gasteiger partial charge in [-0.1, -0.05) is 24.3 Å². The van der Waals surface area contributed by atoms with Crippen molar-refractivity contribution in [2.45, 2.75) is 25.7 Å². The lowest BCUT2D eigenvalue weighted by molar-refractivity contribution is -0.115. The van der Waals surface area contributed by atoms with Gasteiger partial charge in [-0.15, -0.1) is 0 Å². The van der Waals surface area contributed by atoms with E-state index in [9.17, 15) is 13.2 Å². The molecule has 2 N–H and O–H groups in total. The number of carbonyl (C=O) groups is 1. The van der Waals surface area contributed by atoms with E-state index in [0.717, 1.165) is 11.1 Å². The van der Waals surface area contributed by atoms with Crippen LogP contribution < -0.4 is 10.0 Å². The molecule has 2 aromatic rings. The topological polar surface area (TPSA) is 75.3 Å². The third-order valence-electron chi connectivity index (χ3n) is 3.31. The number of hydrogen-bond donors (Lipinski definition) is 2. The number of rotatable bonds is 5. The zero-order chi connectivity index (χ0) is 17.0. The summed E-state index contributed by atoms with van der Waals surface area (Å²) in [6.45, 7) is 5.26. The second-order valence-corrected chi connectivity index (χ2v) is 7.25. The molecule has 0 atom stereocenters. The van der Waals surface area contributed by atoms with E-state index < -0.39 is 15.9 Å². The maximum absolute atomic E-state index is 12.2. The average Bonchev–Trinajstić information content (AvgIpc) is 2.44. The number of anilines is 1. The van der Waals surface area contributed by atoms with E-state index in [4.69, 9.17) is 0 Å². The van der Waals surface area contributed by atoms with Crippen LogP contribution in [0.15, 0.2) is 47.4 Å². The van der Waals surface area contributed by atoms with Gasteiger partial charge < -0.3 is 5.32 Å². The van der Waals surface area contributed by atoms with Crippen molar-refractivity contribution >= 4 is 21.6 Å². The van der Waals surface area contributed by atoms with Gasteiger partial charge in [-0.2, -0.15) is 0 Å². The van der Waals surface area contributed by atoms with Crippen molar-refractivity contribution in [1.29, 1.82) is 0 Å². The third-order valence-corrected chi connectivity index (χ3v) is 4.87. The van der Waals surface area contributed by atoms with Gasteiger partial charge in [0.15, 0.2) is 0 Å². The van der Waals surface area contributed by atoms with E-state index in [1.165, 1.54) is 6.07 Å². The molecule has 0 saturated heterocycles. The molecule has 0 heterocycles. The molecule has 0 spiro atoms. The van der Waals surface area contributed by atoms with Crippen LogP contribution in [0.5, 0.6) is 0 Å². The van der Waals surface area contributed by atoms with Crippen molar-refractivity contribution in [2.75, 3.05) is 11.9 Å². The van der Waals surface area contributed by atoms with Crippen LogP contribution in [-0.2, 0) is 14.8 Å². The number of carbonyl (C=O) groups excluding carboxylic acids is 1. The minimum atomic E-state index is -3.71. The van der Waals surface area contributed by atoms with Crippen LogP contribution in [0.25, 0.3) is 0 Å². The Morgan fingerprint density at radius 1 is 1.00 bits per heavy atom. The Balaban J connectivity index is 2.03. The summed E-state index contributed by atoms with van der Waals surface area (Å²) in [6, 6.07) is 12.3. The summed E-state index contributed by atoms with van der Waals surface area (Å²) in [5, 5.41) is 2.70. The molecule has 122 valence electrons. The quantitative estimate of drug-likeness (QED) is 0.883. The Morgan fingerprint density at radius 3 is 2.22 bits per heavy atom. The molecule has 6 heteroatoms. The summed E-state index contributed by atoms with van der Waals surface area (Å²) in [4.78, 5) is 12.1. The van der Waals surface area contributed by atoms with Crippen LogP contribution in [-0.4, -0.2) is 20.9 Å². The standard InChI is InChI=1S/C17H20N2O3S/c1-12-8-13(2)10-15(9-12)19-17(20)11-18-23(21,22)16-7-5-4-6-14(16)3/h4-10,18H,11H2,1-3H3,(H,19,20). The van der Waals surface area contributed by atoms with Gasteiger partial charge in [0.25, 0.3) is 0 Å². The maximum Gasteiger partial charge on any atom is 0.241 e. The first-order valence-electron chi connectivity index (χ1n) is 7.21. The highest BCUT2D eigenvalue weighted by Crippen LogP contribution is 2.15. The monoisotopic (exact) mass is 332 g/mol. The Labute approximate surface area is 136 Å². The van der Waals surface area contributed by atoms with Crippen LogP contribution in [0.1, 0.15) is 16.7 Å². The smallest absolute Gasteiger partial charge is 0.241 e. The van der Waals surface area contributed by atoms with Crippen LogP contribution >= 0.6 is 0 Å². The molecule has 0 unspecified atom stereocenters. The van der Waals surface area contributed by atoms with Gasteiger partial charge in [-0.3, -0.25) is 4.79 Å². The van der Waals surface area contributed by atoms with Crippen molar-refractivity contribution in [2.24, 2.45) is 0 Å². The van der Waals surface area contributed by atoms with Gasteiger partial charge >= 0.3 is 0 Å². The van der Waals surface area contributed by atoms with Crippen molar-refractivity contribution in [3.8, 4) is 0 Å². The summed E-state index contributed by atoms with van der Waals surface area (Å²) in [7, 11) is -3.71. The van der Waals surface area contributed by atoms with E-state index in [-0.39, 0.29) is 11.4 Å². The van der Waals surface area contributed by atoms with Crippen LogP contribution in [0.4, 0.5) is 5.69 Å². The zero-order valence-corrected chi connectivity index (χ0v) is 14.2. The molecule has 0 aromatic heterocycles. The van der Waals surface area contributed by atoms with Gasteiger partial charge in [0, 0.05) is 5.69 Å². The molecule has 2 aromatic carbocycles. The van der Waals surface area contributed by atoms with Gasteiger partial charge in [-0.25, -0.2) is 13.1 Å². The summed E-state index contributed by atoms with van der Waals surface area (Å²) >= 11 is 0. The van der Waals surface area contributed by atoms with E-state index in [0.29, 0.717) is 11.3 Å². The van der Waals surface area contributed by atoms with Crippen molar-refractivity contribution in [3.05, 3.63) is 59.2 Å². The zero-order valence-electron chi connectivity index (χ0n) is 13.4. The summed E-state index contributed by atoms with van der Waals surface area (Å²) < 4.78 is 26.8. The molecule has 0 aliphatic carbocycles. The fourth-order valence-electron chi connectivity index (χ4n) is 2.35. The van der Waals surface area contributed by atoms with Crippen LogP contribution in [0.2, 0.25) is 0 Å². The Hall–Kier alpha value is -2.18. The molecule has 5 nitrogen and oxygen atoms in total. The Bertz CT molecular complexity index is 809. The number of sulfonamides is 1. The predicted molar refractivity (Wildman–Crippen MR) is 90.9 cm³/mol. The van der Waals surface area contributed by atoms with E-state index in [1.54, 1.807) is 25.1 Å². The van der Waals surface area contributed by atoms with E-state index in [1.807, 2.05) is 32.0 Å². The molecular weight excluding hydrogens is 312 g/mol. The number of benzene rings is 2. The average molecular weight is 332 g/mol. The third kappa shape index (κ3) is 4.64. The first-order chi connectivity index (χ1) is 10.8. The van der Waals surface area contributed by atoms with Gasteiger partial charge in [0.05, 0.1) is 11.4 Å². The Kier molecular flexibility index (Phi) is 5.18. The van der Waals surface area contributed by atoms with Crippen LogP contribution in [0, 0.1) is 20.8 Å². The molecule has 0 aliphatic rings. The minimum absolute atomic E-state index is 0.180. The first-order valence-corrected chi connectivity index (χ1v) is 8.70. The summed E-state index contributed by atoms with van der Waals surface area (Å²) in [5.41, 5.74) is 3.35. The lowest BCUT2D eigenvalue weighted by atomic mass is 10.1.